The van der Waals surface area contributed by atoms with Gasteiger partial charge in [-0.1, -0.05) is 30.3 Å². The number of nitrogens with one attached hydrogen (secondary N) is 2. The highest BCUT2D eigenvalue weighted by Crippen LogP contribution is 2.17. The molecule has 0 heterocycles. The van der Waals surface area contributed by atoms with Crippen molar-refractivity contribution in [2.24, 2.45) is 0 Å². The van der Waals surface area contributed by atoms with Crippen LogP contribution < -0.4 is 15.4 Å². The van der Waals surface area contributed by atoms with E-state index in [1.54, 1.807) is 73.8 Å². The predicted octanol–water partition coefficient (Wildman–Crippen LogP) is 3.81. The van der Waals surface area contributed by atoms with Gasteiger partial charge in [0.05, 0.1) is 7.11 Å². The first-order chi connectivity index (χ1) is 14.0. The zero-order valence-corrected chi connectivity index (χ0v) is 15.8. The van der Waals surface area contributed by atoms with Gasteiger partial charge in [0.15, 0.2) is 0 Å². The number of phenols is 1. The Labute approximate surface area is 168 Å². The minimum Gasteiger partial charge on any atom is -0.508 e. The van der Waals surface area contributed by atoms with Crippen LogP contribution in [0.2, 0.25) is 0 Å². The van der Waals surface area contributed by atoms with Gasteiger partial charge >= 0.3 is 0 Å². The second-order valence-corrected chi connectivity index (χ2v) is 6.15. The number of hydrogen-bond acceptors (Lipinski definition) is 4. The summed E-state index contributed by atoms with van der Waals surface area (Å²) in [5.41, 5.74) is 1.72. The number of rotatable bonds is 6. The molecule has 0 aromatic heterocycles. The average molecular weight is 388 g/mol. The first-order valence-electron chi connectivity index (χ1n) is 8.87. The third-order valence-electron chi connectivity index (χ3n) is 4.08. The standard InChI is InChI=1S/C23H20N2O4/c1-29-20-13-7-16(8-14-20)15-21(25-22(27)17-5-3-2-4-6-17)23(28)24-18-9-11-19(26)12-10-18/h2-15,26H,1H3,(H,24,28)(H,25,27)/b21-15-. The molecule has 2 amide bonds. The molecule has 146 valence electrons. The van der Waals surface area contributed by atoms with Crippen molar-refractivity contribution in [3.05, 3.63) is 95.7 Å². The summed E-state index contributed by atoms with van der Waals surface area (Å²) in [7, 11) is 1.57. The predicted molar refractivity (Wildman–Crippen MR) is 112 cm³/mol. The lowest BCUT2D eigenvalue weighted by atomic mass is 10.1. The van der Waals surface area contributed by atoms with E-state index in [1.807, 2.05) is 6.07 Å². The molecule has 3 aromatic rings. The van der Waals surface area contributed by atoms with Gasteiger partial charge in [-0.25, -0.2) is 0 Å². The second kappa shape index (κ2) is 9.23. The lowest BCUT2D eigenvalue weighted by Crippen LogP contribution is -2.30. The lowest BCUT2D eigenvalue weighted by Gasteiger charge is -2.11. The van der Waals surface area contributed by atoms with E-state index in [4.69, 9.17) is 4.74 Å². The van der Waals surface area contributed by atoms with E-state index >= 15 is 0 Å². The van der Waals surface area contributed by atoms with Crippen LogP contribution in [0.4, 0.5) is 5.69 Å². The van der Waals surface area contributed by atoms with Gasteiger partial charge in [-0.3, -0.25) is 9.59 Å². The fraction of sp³-hybridized carbons (Fsp3) is 0.0435. The molecule has 0 saturated carbocycles. The van der Waals surface area contributed by atoms with E-state index in [-0.39, 0.29) is 11.4 Å². The molecule has 0 aliphatic heterocycles. The van der Waals surface area contributed by atoms with Gasteiger partial charge in [-0.2, -0.15) is 0 Å². The zero-order chi connectivity index (χ0) is 20.6. The highest BCUT2D eigenvalue weighted by molar-refractivity contribution is 6.10. The molecule has 29 heavy (non-hydrogen) atoms. The fourth-order valence-corrected chi connectivity index (χ4v) is 2.55. The van der Waals surface area contributed by atoms with Gasteiger partial charge in [0.25, 0.3) is 11.8 Å². The fourth-order valence-electron chi connectivity index (χ4n) is 2.55. The Kier molecular flexibility index (Phi) is 6.27. The van der Waals surface area contributed by atoms with Gasteiger partial charge in [0, 0.05) is 11.3 Å². The molecule has 3 rings (SSSR count). The smallest absolute Gasteiger partial charge is 0.272 e. The summed E-state index contributed by atoms with van der Waals surface area (Å²) in [6.45, 7) is 0. The van der Waals surface area contributed by atoms with Crippen LogP contribution in [-0.2, 0) is 4.79 Å². The van der Waals surface area contributed by atoms with Gasteiger partial charge in [0.1, 0.15) is 17.2 Å². The number of phenolic OH excluding ortho intramolecular Hbond substituents is 1. The summed E-state index contributed by atoms with van der Waals surface area (Å²) >= 11 is 0. The van der Waals surface area contributed by atoms with Crippen molar-refractivity contribution in [2.75, 3.05) is 12.4 Å². The summed E-state index contributed by atoms with van der Waals surface area (Å²) in [5, 5.41) is 14.8. The quantitative estimate of drug-likeness (QED) is 0.443. The molecule has 0 aliphatic carbocycles. The zero-order valence-electron chi connectivity index (χ0n) is 15.8. The minimum atomic E-state index is -0.490. The van der Waals surface area contributed by atoms with E-state index in [2.05, 4.69) is 10.6 Å². The highest BCUT2D eigenvalue weighted by Gasteiger charge is 2.15. The van der Waals surface area contributed by atoms with Crippen LogP contribution in [-0.4, -0.2) is 24.0 Å². The lowest BCUT2D eigenvalue weighted by molar-refractivity contribution is -0.113. The Morgan fingerprint density at radius 3 is 2.17 bits per heavy atom. The first kappa shape index (κ1) is 19.7. The number of aromatic hydroxyl groups is 1. The molecular formula is C23H20N2O4. The maximum absolute atomic E-state index is 12.8. The summed E-state index contributed by atoms with van der Waals surface area (Å²) in [5.74, 6) is -0.109. The largest absolute Gasteiger partial charge is 0.508 e. The second-order valence-electron chi connectivity index (χ2n) is 6.15. The van der Waals surface area contributed by atoms with Crippen LogP contribution in [0.1, 0.15) is 15.9 Å². The van der Waals surface area contributed by atoms with E-state index in [1.165, 1.54) is 12.1 Å². The molecule has 0 bridgehead atoms. The topological polar surface area (TPSA) is 87.7 Å². The summed E-state index contributed by atoms with van der Waals surface area (Å²) < 4.78 is 5.14. The van der Waals surface area contributed by atoms with Crippen molar-refractivity contribution >= 4 is 23.6 Å². The third-order valence-corrected chi connectivity index (χ3v) is 4.08. The number of benzene rings is 3. The maximum atomic E-state index is 12.8. The number of carbonyl (C=O) groups is 2. The number of hydrogen-bond donors (Lipinski definition) is 3. The Bertz CT molecular complexity index is 1010. The average Bonchev–Trinajstić information content (AvgIpc) is 2.76. The summed E-state index contributed by atoms with van der Waals surface area (Å²) in [6, 6.07) is 21.8. The van der Waals surface area contributed by atoms with Crippen LogP contribution >= 0.6 is 0 Å². The monoisotopic (exact) mass is 388 g/mol. The van der Waals surface area contributed by atoms with Crippen molar-refractivity contribution in [1.29, 1.82) is 0 Å². The molecule has 6 heteroatoms. The Morgan fingerprint density at radius 2 is 1.55 bits per heavy atom. The van der Waals surface area contributed by atoms with Gasteiger partial charge < -0.3 is 20.5 Å². The van der Waals surface area contributed by atoms with Crippen molar-refractivity contribution in [2.45, 2.75) is 0 Å². The molecule has 6 nitrogen and oxygen atoms in total. The Hall–Kier alpha value is -4.06. The van der Waals surface area contributed by atoms with Crippen molar-refractivity contribution < 1.29 is 19.4 Å². The van der Waals surface area contributed by atoms with E-state index in [9.17, 15) is 14.7 Å². The molecule has 0 saturated heterocycles. The maximum Gasteiger partial charge on any atom is 0.272 e. The SMILES string of the molecule is COc1ccc(/C=C(\NC(=O)c2ccccc2)C(=O)Nc2ccc(O)cc2)cc1. The summed E-state index contributed by atoms with van der Waals surface area (Å²) in [4.78, 5) is 25.4. The molecule has 0 unspecified atom stereocenters. The van der Waals surface area contributed by atoms with Crippen LogP contribution in [0.15, 0.2) is 84.6 Å². The van der Waals surface area contributed by atoms with E-state index in [0.717, 1.165) is 5.56 Å². The third kappa shape index (κ3) is 5.46. The Morgan fingerprint density at radius 1 is 0.897 bits per heavy atom. The van der Waals surface area contributed by atoms with Crippen molar-refractivity contribution in [3.8, 4) is 11.5 Å². The molecule has 0 radical (unpaired) electrons. The molecule has 0 atom stereocenters. The highest BCUT2D eigenvalue weighted by atomic mass is 16.5. The van der Waals surface area contributed by atoms with Crippen LogP contribution in [0.5, 0.6) is 11.5 Å². The summed E-state index contributed by atoms with van der Waals surface area (Å²) in [6.07, 6.45) is 1.58. The Balaban J connectivity index is 1.86. The molecule has 3 aromatic carbocycles. The minimum absolute atomic E-state index is 0.0806. The van der Waals surface area contributed by atoms with Crippen molar-refractivity contribution in [1.82, 2.24) is 5.32 Å². The normalized spacial score (nSPS) is 10.9. The first-order valence-corrected chi connectivity index (χ1v) is 8.87. The molecule has 0 aliphatic rings. The number of methoxy groups -OCH3 is 1. The molecule has 0 fully saturated rings. The number of amides is 2. The van der Waals surface area contributed by atoms with Crippen LogP contribution in [0.25, 0.3) is 6.08 Å². The van der Waals surface area contributed by atoms with E-state index < -0.39 is 11.8 Å². The molecule has 0 spiro atoms. The van der Waals surface area contributed by atoms with Gasteiger partial charge in [0.2, 0.25) is 0 Å². The van der Waals surface area contributed by atoms with E-state index in [0.29, 0.717) is 17.0 Å². The number of carbonyl (C=O) groups excluding carboxylic acids is 2. The van der Waals surface area contributed by atoms with Crippen molar-refractivity contribution in [3.63, 3.8) is 0 Å². The van der Waals surface area contributed by atoms with Crippen LogP contribution in [0, 0.1) is 0 Å². The molecular weight excluding hydrogens is 368 g/mol. The van der Waals surface area contributed by atoms with Crippen LogP contribution in [0.3, 0.4) is 0 Å². The number of ether oxygens (including phenoxy) is 1. The van der Waals surface area contributed by atoms with Gasteiger partial charge in [-0.05, 0) is 60.2 Å². The van der Waals surface area contributed by atoms with Gasteiger partial charge in [-0.15, -0.1) is 0 Å². The number of anilines is 1. The molecule has 3 N–H and O–H groups in total.